The van der Waals surface area contributed by atoms with E-state index in [1.807, 2.05) is 37.5 Å². The summed E-state index contributed by atoms with van der Waals surface area (Å²) in [4.78, 5) is 21.0. The van der Waals surface area contributed by atoms with E-state index in [1.54, 1.807) is 27.6 Å². The van der Waals surface area contributed by atoms with E-state index in [4.69, 9.17) is 4.52 Å². The Morgan fingerprint density at radius 2 is 2.04 bits per heavy atom. The van der Waals surface area contributed by atoms with Crippen LogP contribution in [0.2, 0.25) is 0 Å². The van der Waals surface area contributed by atoms with Crippen LogP contribution in [0.3, 0.4) is 0 Å². The van der Waals surface area contributed by atoms with Gasteiger partial charge < -0.3 is 13.7 Å². The highest BCUT2D eigenvalue weighted by Gasteiger charge is 2.12. The molecule has 4 aromatic heterocycles. The fraction of sp³-hybridized carbons (Fsp3) is 0.125. The molecule has 0 saturated heterocycles. The van der Waals surface area contributed by atoms with Gasteiger partial charge >= 0.3 is 0 Å². The number of hydrogen-bond acceptors (Lipinski definition) is 5. The maximum Gasteiger partial charge on any atom is 0.275 e. The maximum atomic E-state index is 12.5. The molecule has 0 saturated carbocycles. The second-order valence-electron chi connectivity index (χ2n) is 5.21. The lowest BCUT2D eigenvalue weighted by molar-refractivity contribution is 0.370. The van der Waals surface area contributed by atoms with Crippen LogP contribution in [0.4, 0.5) is 0 Å². The highest BCUT2D eigenvalue weighted by Crippen LogP contribution is 2.13. The molecule has 0 bridgehead atoms. The summed E-state index contributed by atoms with van der Waals surface area (Å²) in [5.41, 5.74) is 1.19. The van der Waals surface area contributed by atoms with Crippen molar-refractivity contribution in [3.63, 3.8) is 0 Å². The van der Waals surface area contributed by atoms with Crippen LogP contribution in [0.15, 0.2) is 58.2 Å². The minimum Gasteiger partial charge on any atom is -0.346 e. The topological polar surface area (TPSA) is 78.7 Å². The molecule has 4 heterocycles. The highest BCUT2D eigenvalue weighted by atomic mass is 16.5. The van der Waals surface area contributed by atoms with Gasteiger partial charge in [-0.3, -0.25) is 9.78 Å². The average molecular weight is 307 g/mol. The zero-order chi connectivity index (χ0) is 15.8. The van der Waals surface area contributed by atoms with Crippen molar-refractivity contribution in [2.75, 3.05) is 0 Å². The Labute approximate surface area is 130 Å². The van der Waals surface area contributed by atoms with Crippen molar-refractivity contribution in [1.29, 1.82) is 0 Å². The Balaban J connectivity index is 1.69. The minimum atomic E-state index is -0.0902. The second kappa shape index (κ2) is 5.20. The molecule has 114 valence electrons. The number of aromatic nitrogens is 5. The fourth-order valence-corrected chi connectivity index (χ4v) is 2.52. The SMILES string of the molecule is Cn1ccc2ccn(Cc3nc(-c4ccccn4)no3)c(=O)c21. The Kier molecular flexibility index (Phi) is 3.04. The van der Waals surface area contributed by atoms with Gasteiger partial charge in [0.1, 0.15) is 17.8 Å². The van der Waals surface area contributed by atoms with Crippen molar-refractivity contribution in [3.8, 4) is 11.5 Å². The summed E-state index contributed by atoms with van der Waals surface area (Å²) in [6, 6.07) is 9.28. The first-order valence-electron chi connectivity index (χ1n) is 7.11. The lowest BCUT2D eigenvalue weighted by Gasteiger charge is -2.03. The Bertz CT molecular complexity index is 1030. The molecule has 7 heteroatoms. The van der Waals surface area contributed by atoms with E-state index >= 15 is 0 Å². The van der Waals surface area contributed by atoms with Crippen LogP contribution in [-0.4, -0.2) is 24.3 Å². The van der Waals surface area contributed by atoms with Gasteiger partial charge in [-0.25, -0.2) is 0 Å². The van der Waals surface area contributed by atoms with E-state index in [0.717, 1.165) is 5.39 Å². The van der Waals surface area contributed by atoms with Gasteiger partial charge in [0, 0.05) is 31.0 Å². The standard InChI is InChI=1S/C16H13N5O2/c1-20-8-5-11-6-9-21(16(22)14(11)20)10-13-18-15(19-23-13)12-4-2-3-7-17-12/h2-9H,10H2,1H3. The number of fused-ring (bicyclic) bond motifs is 1. The summed E-state index contributed by atoms with van der Waals surface area (Å²) in [7, 11) is 1.85. The smallest absolute Gasteiger partial charge is 0.275 e. The van der Waals surface area contributed by atoms with E-state index in [9.17, 15) is 4.79 Å². The third kappa shape index (κ3) is 2.32. The normalized spacial score (nSPS) is 11.2. The number of hydrogen-bond donors (Lipinski definition) is 0. The van der Waals surface area contributed by atoms with Gasteiger partial charge in [0.05, 0.1) is 0 Å². The number of rotatable bonds is 3. The molecule has 4 rings (SSSR count). The maximum absolute atomic E-state index is 12.5. The molecule has 4 aromatic rings. The fourth-order valence-electron chi connectivity index (χ4n) is 2.52. The van der Waals surface area contributed by atoms with Crippen LogP contribution in [0.1, 0.15) is 5.89 Å². The zero-order valence-corrected chi connectivity index (χ0v) is 12.4. The molecule has 0 radical (unpaired) electrons. The Hall–Kier alpha value is -3.22. The summed E-state index contributed by atoms with van der Waals surface area (Å²) < 4.78 is 8.59. The molecule has 0 amide bonds. The highest BCUT2D eigenvalue weighted by molar-refractivity contribution is 5.78. The summed E-state index contributed by atoms with van der Waals surface area (Å²) >= 11 is 0. The van der Waals surface area contributed by atoms with E-state index in [-0.39, 0.29) is 12.1 Å². The second-order valence-corrected chi connectivity index (χ2v) is 5.21. The molecular formula is C16H13N5O2. The molecule has 0 spiro atoms. The summed E-state index contributed by atoms with van der Waals surface area (Å²) in [6.45, 7) is 0.222. The number of nitrogens with zero attached hydrogens (tertiary/aromatic N) is 5. The lowest BCUT2D eigenvalue weighted by Crippen LogP contribution is -2.21. The zero-order valence-electron chi connectivity index (χ0n) is 12.4. The molecule has 0 atom stereocenters. The molecule has 0 aliphatic rings. The van der Waals surface area contributed by atoms with Crippen molar-refractivity contribution >= 4 is 10.9 Å². The van der Waals surface area contributed by atoms with Gasteiger partial charge in [-0.2, -0.15) is 4.98 Å². The van der Waals surface area contributed by atoms with E-state index in [2.05, 4.69) is 15.1 Å². The quantitative estimate of drug-likeness (QED) is 0.577. The third-order valence-corrected chi connectivity index (χ3v) is 3.67. The van der Waals surface area contributed by atoms with Crippen LogP contribution in [0.25, 0.3) is 22.4 Å². The largest absolute Gasteiger partial charge is 0.346 e. The molecule has 0 aliphatic carbocycles. The van der Waals surface area contributed by atoms with Crippen LogP contribution < -0.4 is 5.56 Å². The van der Waals surface area contributed by atoms with Gasteiger partial charge in [-0.1, -0.05) is 11.2 Å². The Morgan fingerprint density at radius 1 is 1.17 bits per heavy atom. The summed E-state index contributed by atoms with van der Waals surface area (Å²) in [6.07, 6.45) is 5.26. The first kappa shape index (κ1) is 13.4. The van der Waals surface area contributed by atoms with Gasteiger partial charge in [0.2, 0.25) is 11.7 Å². The third-order valence-electron chi connectivity index (χ3n) is 3.67. The van der Waals surface area contributed by atoms with Gasteiger partial charge in [-0.05, 0) is 24.3 Å². The lowest BCUT2D eigenvalue weighted by atomic mass is 10.3. The molecule has 0 N–H and O–H groups in total. The summed E-state index contributed by atoms with van der Waals surface area (Å²) in [5.74, 6) is 0.773. The predicted octanol–water partition coefficient (Wildman–Crippen LogP) is 1.83. The van der Waals surface area contributed by atoms with Crippen LogP contribution in [0.5, 0.6) is 0 Å². The van der Waals surface area contributed by atoms with Gasteiger partial charge in [-0.15, -0.1) is 0 Å². The molecule has 23 heavy (non-hydrogen) atoms. The van der Waals surface area contributed by atoms with Gasteiger partial charge in [0.25, 0.3) is 5.56 Å². The molecule has 0 aromatic carbocycles. The molecular weight excluding hydrogens is 294 g/mol. The molecule has 0 unspecified atom stereocenters. The van der Waals surface area contributed by atoms with Crippen molar-refractivity contribution in [2.24, 2.45) is 7.05 Å². The minimum absolute atomic E-state index is 0.0902. The van der Waals surface area contributed by atoms with Crippen molar-refractivity contribution in [1.82, 2.24) is 24.3 Å². The van der Waals surface area contributed by atoms with Crippen molar-refractivity contribution in [3.05, 3.63) is 65.2 Å². The van der Waals surface area contributed by atoms with Crippen molar-refractivity contribution < 1.29 is 4.52 Å². The predicted molar refractivity (Wildman–Crippen MR) is 83.8 cm³/mol. The van der Waals surface area contributed by atoms with E-state index in [0.29, 0.717) is 22.9 Å². The average Bonchev–Trinajstić information content (AvgIpc) is 3.18. The first-order chi connectivity index (χ1) is 11.2. The van der Waals surface area contributed by atoms with E-state index in [1.165, 1.54) is 0 Å². The first-order valence-corrected chi connectivity index (χ1v) is 7.11. The molecule has 0 aliphatic heterocycles. The van der Waals surface area contributed by atoms with Crippen LogP contribution in [0, 0.1) is 0 Å². The van der Waals surface area contributed by atoms with Crippen LogP contribution >= 0.6 is 0 Å². The molecule has 7 nitrogen and oxygen atoms in total. The van der Waals surface area contributed by atoms with E-state index < -0.39 is 0 Å². The number of aryl methyl sites for hydroxylation is 1. The van der Waals surface area contributed by atoms with Crippen molar-refractivity contribution in [2.45, 2.75) is 6.54 Å². The van der Waals surface area contributed by atoms with Gasteiger partial charge in [0.15, 0.2) is 0 Å². The van der Waals surface area contributed by atoms with Crippen LogP contribution in [-0.2, 0) is 13.6 Å². The Morgan fingerprint density at radius 3 is 2.87 bits per heavy atom. The monoisotopic (exact) mass is 307 g/mol. The summed E-state index contributed by atoms with van der Waals surface area (Å²) in [5, 5.41) is 4.82. The number of pyridine rings is 2. The molecule has 0 fully saturated rings.